The van der Waals surface area contributed by atoms with Crippen molar-refractivity contribution in [3.63, 3.8) is 0 Å². The summed E-state index contributed by atoms with van der Waals surface area (Å²) in [5, 5.41) is 0. The smallest absolute Gasteiger partial charge is 0.261 e. The predicted molar refractivity (Wildman–Crippen MR) is 62.1 cm³/mol. The van der Waals surface area contributed by atoms with Gasteiger partial charge in [0.15, 0.2) is 0 Å². The second-order valence-corrected chi connectivity index (χ2v) is 5.15. The van der Waals surface area contributed by atoms with Crippen molar-refractivity contribution in [2.24, 2.45) is 17.8 Å². The maximum atomic E-state index is 11.8. The molecule has 0 spiro atoms. The van der Waals surface area contributed by atoms with Gasteiger partial charge in [0.05, 0.1) is 6.61 Å². The van der Waals surface area contributed by atoms with Gasteiger partial charge in [-0.2, -0.15) is 0 Å². The van der Waals surface area contributed by atoms with Crippen LogP contribution in [0.2, 0.25) is 0 Å². The number of ketones is 1. The van der Waals surface area contributed by atoms with E-state index in [-0.39, 0.29) is 24.7 Å². The molecule has 0 saturated heterocycles. The number of Topliss-reactive ketones (excluding diaryl/α,β-unsaturated/α-hetero) is 1. The SMILES string of the molecule is CC1CCC(C(=O)CCOCC(F)F)CC1C. The highest BCUT2D eigenvalue weighted by molar-refractivity contribution is 5.81. The number of hydrogen-bond donors (Lipinski definition) is 0. The lowest BCUT2D eigenvalue weighted by molar-refractivity contribution is -0.126. The fourth-order valence-corrected chi connectivity index (χ4v) is 2.39. The van der Waals surface area contributed by atoms with Crippen LogP contribution in [0.3, 0.4) is 0 Å². The van der Waals surface area contributed by atoms with E-state index in [9.17, 15) is 13.6 Å². The van der Waals surface area contributed by atoms with Crippen LogP contribution in [0.1, 0.15) is 39.5 Å². The van der Waals surface area contributed by atoms with Gasteiger partial charge in [-0.15, -0.1) is 0 Å². The molecule has 0 radical (unpaired) electrons. The number of carbonyl (C=O) groups excluding carboxylic acids is 1. The van der Waals surface area contributed by atoms with Gasteiger partial charge in [-0.1, -0.05) is 13.8 Å². The number of carbonyl (C=O) groups is 1. The Morgan fingerprint density at radius 1 is 1.29 bits per heavy atom. The third kappa shape index (κ3) is 5.11. The highest BCUT2D eigenvalue weighted by Crippen LogP contribution is 2.34. The standard InChI is InChI=1S/C13H22F2O2/c1-9-3-4-11(7-10(9)2)12(16)5-6-17-8-13(14)15/h9-11,13H,3-8H2,1-2H3. The monoisotopic (exact) mass is 248 g/mol. The predicted octanol–water partition coefficient (Wildman–Crippen LogP) is 3.30. The minimum Gasteiger partial charge on any atom is -0.375 e. The van der Waals surface area contributed by atoms with Gasteiger partial charge in [0.1, 0.15) is 12.4 Å². The molecule has 4 heteroatoms. The van der Waals surface area contributed by atoms with Gasteiger partial charge in [0.2, 0.25) is 0 Å². The molecule has 0 amide bonds. The Bertz CT molecular complexity index is 244. The molecule has 1 aliphatic rings. The summed E-state index contributed by atoms with van der Waals surface area (Å²) in [5.41, 5.74) is 0. The van der Waals surface area contributed by atoms with Crippen LogP contribution in [0.25, 0.3) is 0 Å². The lowest BCUT2D eigenvalue weighted by Crippen LogP contribution is -2.27. The Morgan fingerprint density at radius 2 is 2.00 bits per heavy atom. The van der Waals surface area contributed by atoms with Crippen molar-refractivity contribution in [3.05, 3.63) is 0 Å². The fourth-order valence-electron chi connectivity index (χ4n) is 2.39. The van der Waals surface area contributed by atoms with Crippen molar-refractivity contribution in [3.8, 4) is 0 Å². The number of halogens is 2. The zero-order chi connectivity index (χ0) is 12.8. The van der Waals surface area contributed by atoms with Crippen molar-refractivity contribution < 1.29 is 18.3 Å². The van der Waals surface area contributed by atoms with Crippen molar-refractivity contribution in [2.45, 2.75) is 46.0 Å². The summed E-state index contributed by atoms with van der Waals surface area (Å²) < 4.78 is 28.3. The lowest BCUT2D eigenvalue weighted by Gasteiger charge is -2.31. The van der Waals surface area contributed by atoms with E-state index in [1.807, 2.05) is 0 Å². The molecule has 1 fully saturated rings. The molecule has 2 nitrogen and oxygen atoms in total. The minimum atomic E-state index is -2.44. The van der Waals surface area contributed by atoms with Crippen molar-refractivity contribution in [2.75, 3.05) is 13.2 Å². The summed E-state index contributed by atoms with van der Waals surface area (Å²) in [7, 11) is 0. The molecule has 1 aliphatic carbocycles. The van der Waals surface area contributed by atoms with E-state index in [4.69, 9.17) is 4.74 Å². The quantitative estimate of drug-likeness (QED) is 0.674. The Morgan fingerprint density at radius 3 is 2.59 bits per heavy atom. The van der Waals surface area contributed by atoms with E-state index in [2.05, 4.69) is 13.8 Å². The van der Waals surface area contributed by atoms with Crippen LogP contribution < -0.4 is 0 Å². The summed E-state index contributed by atoms with van der Waals surface area (Å²) in [6.45, 7) is 3.96. The summed E-state index contributed by atoms with van der Waals surface area (Å²) in [5.74, 6) is 1.57. The number of alkyl halides is 2. The van der Waals surface area contributed by atoms with Crippen molar-refractivity contribution >= 4 is 5.78 Å². The zero-order valence-corrected chi connectivity index (χ0v) is 10.6. The van der Waals surface area contributed by atoms with Crippen molar-refractivity contribution in [1.29, 1.82) is 0 Å². The van der Waals surface area contributed by atoms with Gasteiger partial charge in [0, 0.05) is 12.3 Å². The number of rotatable bonds is 6. The second-order valence-electron chi connectivity index (χ2n) is 5.15. The first kappa shape index (κ1) is 14.6. The Balaban J connectivity index is 2.19. The molecule has 3 atom stereocenters. The molecule has 0 heterocycles. The number of hydrogen-bond acceptors (Lipinski definition) is 2. The molecule has 3 unspecified atom stereocenters. The van der Waals surface area contributed by atoms with Crippen LogP contribution in [0.15, 0.2) is 0 Å². The van der Waals surface area contributed by atoms with E-state index in [0.717, 1.165) is 19.3 Å². The van der Waals surface area contributed by atoms with E-state index in [1.165, 1.54) is 0 Å². The summed E-state index contributed by atoms with van der Waals surface area (Å²) in [6, 6.07) is 0. The van der Waals surface area contributed by atoms with Gasteiger partial charge in [-0.25, -0.2) is 8.78 Å². The fraction of sp³-hybridized carbons (Fsp3) is 0.923. The Kier molecular flexibility index (Phi) is 6.03. The van der Waals surface area contributed by atoms with E-state index in [1.54, 1.807) is 0 Å². The summed E-state index contributed by atoms with van der Waals surface area (Å²) in [4.78, 5) is 11.8. The molecule has 0 aliphatic heterocycles. The van der Waals surface area contributed by atoms with E-state index in [0.29, 0.717) is 11.8 Å². The molecule has 17 heavy (non-hydrogen) atoms. The lowest BCUT2D eigenvalue weighted by atomic mass is 9.74. The van der Waals surface area contributed by atoms with Gasteiger partial charge in [0.25, 0.3) is 6.43 Å². The van der Waals surface area contributed by atoms with Crippen LogP contribution in [-0.4, -0.2) is 25.4 Å². The largest absolute Gasteiger partial charge is 0.375 e. The Hall–Kier alpha value is -0.510. The van der Waals surface area contributed by atoms with E-state index >= 15 is 0 Å². The molecular formula is C13H22F2O2. The minimum absolute atomic E-state index is 0.122. The summed E-state index contributed by atoms with van der Waals surface area (Å²) >= 11 is 0. The normalized spacial score (nSPS) is 29.6. The first-order valence-electron chi connectivity index (χ1n) is 6.39. The first-order valence-corrected chi connectivity index (χ1v) is 6.39. The molecule has 1 rings (SSSR count). The highest BCUT2D eigenvalue weighted by Gasteiger charge is 2.28. The molecule has 0 aromatic rings. The molecule has 1 saturated carbocycles. The zero-order valence-electron chi connectivity index (χ0n) is 10.6. The average molecular weight is 248 g/mol. The molecule has 100 valence electrons. The second kappa shape index (κ2) is 7.04. The molecule has 0 N–H and O–H groups in total. The van der Waals surface area contributed by atoms with Crippen LogP contribution in [0, 0.1) is 17.8 Å². The van der Waals surface area contributed by atoms with Crippen LogP contribution in [-0.2, 0) is 9.53 Å². The highest BCUT2D eigenvalue weighted by atomic mass is 19.3. The van der Waals surface area contributed by atoms with Gasteiger partial charge >= 0.3 is 0 Å². The third-order valence-corrected chi connectivity index (χ3v) is 3.79. The summed E-state index contributed by atoms with van der Waals surface area (Å²) in [6.07, 6.45) is 0.808. The molecule has 0 bridgehead atoms. The molecular weight excluding hydrogens is 226 g/mol. The Labute approximate surface area is 102 Å². The first-order chi connectivity index (χ1) is 8.00. The van der Waals surface area contributed by atoms with Gasteiger partial charge in [-0.05, 0) is 31.1 Å². The molecule has 0 aromatic carbocycles. The van der Waals surface area contributed by atoms with Crippen LogP contribution in [0.4, 0.5) is 8.78 Å². The topological polar surface area (TPSA) is 26.3 Å². The van der Waals surface area contributed by atoms with Crippen LogP contribution >= 0.6 is 0 Å². The van der Waals surface area contributed by atoms with Gasteiger partial charge < -0.3 is 4.74 Å². The van der Waals surface area contributed by atoms with E-state index < -0.39 is 13.0 Å². The van der Waals surface area contributed by atoms with Crippen molar-refractivity contribution in [1.82, 2.24) is 0 Å². The third-order valence-electron chi connectivity index (χ3n) is 3.79. The average Bonchev–Trinajstić information content (AvgIpc) is 2.27. The maximum absolute atomic E-state index is 11.8. The van der Waals surface area contributed by atoms with Crippen LogP contribution in [0.5, 0.6) is 0 Å². The number of ether oxygens (including phenoxy) is 1. The molecule has 0 aromatic heterocycles. The maximum Gasteiger partial charge on any atom is 0.261 e. The van der Waals surface area contributed by atoms with Gasteiger partial charge in [-0.3, -0.25) is 4.79 Å².